The number of aromatic nitrogens is 2. The van der Waals surface area contributed by atoms with Crippen LogP contribution in [0.25, 0.3) is 5.69 Å². The Morgan fingerprint density at radius 2 is 2.11 bits per heavy atom. The molecule has 92 valence electrons. The van der Waals surface area contributed by atoms with E-state index in [-0.39, 0.29) is 0 Å². The molecule has 0 unspecified atom stereocenters. The third kappa shape index (κ3) is 2.07. The largest absolute Gasteiger partial charge is 0.488 e. The molecule has 0 amide bonds. The molecule has 4 nitrogen and oxygen atoms in total. The fourth-order valence-corrected chi connectivity index (χ4v) is 2.25. The van der Waals surface area contributed by atoms with E-state index >= 15 is 0 Å². The average molecular weight is 242 g/mol. The first-order valence-electron chi connectivity index (χ1n) is 6.17. The van der Waals surface area contributed by atoms with Crippen LogP contribution in [0.5, 0.6) is 0 Å². The molecule has 2 aromatic rings. The first kappa shape index (κ1) is 11.5. The lowest BCUT2D eigenvalue weighted by molar-refractivity contribution is 0.425. The van der Waals surface area contributed by atoms with Crippen LogP contribution in [0, 0.1) is 6.92 Å². The summed E-state index contributed by atoms with van der Waals surface area (Å²) in [6, 6.07) is 5.77. The molecule has 0 spiro atoms. The van der Waals surface area contributed by atoms with E-state index in [1.54, 1.807) is 10.9 Å². The van der Waals surface area contributed by atoms with E-state index in [0.29, 0.717) is 11.4 Å². The summed E-state index contributed by atoms with van der Waals surface area (Å²) in [6.07, 6.45) is 5.98. The topological polar surface area (TPSA) is 58.3 Å². The molecule has 2 N–H and O–H groups in total. The summed E-state index contributed by atoms with van der Waals surface area (Å²) in [5.41, 5.74) is 3.59. The Kier molecular flexibility index (Phi) is 2.72. The van der Waals surface area contributed by atoms with Crippen molar-refractivity contribution in [2.75, 3.05) is 0 Å². The molecule has 5 heteroatoms. The van der Waals surface area contributed by atoms with Gasteiger partial charge in [0.1, 0.15) is 0 Å². The van der Waals surface area contributed by atoms with E-state index in [4.69, 9.17) is 0 Å². The molecular formula is C13H15BN2O2. The minimum Gasteiger partial charge on any atom is -0.423 e. The zero-order valence-corrected chi connectivity index (χ0v) is 10.2. The van der Waals surface area contributed by atoms with Crippen LogP contribution in [0.3, 0.4) is 0 Å². The highest BCUT2D eigenvalue weighted by Gasteiger charge is 2.29. The zero-order valence-electron chi connectivity index (χ0n) is 10.2. The number of hydrogen-bond acceptors (Lipinski definition) is 3. The van der Waals surface area contributed by atoms with Crippen molar-refractivity contribution in [2.45, 2.75) is 25.7 Å². The van der Waals surface area contributed by atoms with Gasteiger partial charge in [0, 0.05) is 6.20 Å². The van der Waals surface area contributed by atoms with Crippen molar-refractivity contribution in [3.05, 3.63) is 41.7 Å². The van der Waals surface area contributed by atoms with Gasteiger partial charge in [0.2, 0.25) is 0 Å². The molecule has 3 rings (SSSR count). The third-order valence-electron chi connectivity index (χ3n) is 3.34. The van der Waals surface area contributed by atoms with Crippen LogP contribution < -0.4 is 5.46 Å². The van der Waals surface area contributed by atoms with Gasteiger partial charge in [0.15, 0.2) is 0 Å². The van der Waals surface area contributed by atoms with Gasteiger partial charge in [-0.05, 0) is 54.4 Å². The minimum atomic E-state index is -1.42. The molecule has 18 heavy (non-hydrogen) atoms. The van der Waals surface area contributed by atoms with Crippen LogP contribution in [0.1, 0.15) is 29.9 Å². The van der Waals surface area contributed by atoms with Crippen molar-refractivity contribution in [1.29, 1.82) is 0 Å². The minimum absolute atomic E-state index is 0.496. The Morgan fingerprint density at radius 3 is 2.67 bits per heavy atom. The van der Waals surface area contributed by atoms with E-state index in [0.717, 1.165) is 29.7 Å². The number of hydrogen-bond donors (Lipinski definition) is 2. The van der Waals surface area contributed by atoms with Gasteiger partial charge in [-0.25, -0.2) is 4.68 Å². The van der Waals surface area contributed by atoms with Crippen molar-refractivity contribution in [3.63, 3.8) is 0 Å². The summed E-state index contributed by atoms with van der Waals surface area (Å²) in [5, 5.41) is 23.2. The summed E-state index contributed by atoms with van der Waals surface area (Å²) < 4.78 is 1.75. The highest BCUT2D eigenvalue weighted by Crippen LogP contribution is 2.39. The van der Waals surface area contributed by atoms with Crippen molar-refractivity contribution < 1.29 is 10.0 Å². The molecule has 0 atom stereocenters. The van der Waals surface area contributed by atoms with Gasteiger partial charge in [0.25, 0.3) is 0 Å². The van der Waals surface area contributed by atoms with Gasteiger partial charge in [-0.15, -0.1) is 0 Å². The van der Waals surface area contributed by atoms with Crippen LogP contribution in [-0.4, -0.2) is 26.9 Å². The monoisotopic (exact) mass is 242 g/mol. The van der Waals surface area contributed by atoms with Crippen LogP contribution in [-0.2, 0) is 0 Å². The Bertz CT molecular complexity index is 576. The summed E-state index contributed by atoms with van der Waals surface area (Å²) in [6.45, 7) is 1.98. The molecule has 1 aromatic heterocycles. The highest BCUT2D eigenvalue weighted by atomic mass is 16.4. The van der Waals surface area contributed by atoms with Crippen LogP contribution in [0.4, 0.5) is 0 Å². The molecule has 1 aliphatic rings. The number of aryl methyl sites for hydroxylation is 1. The molecule has 1 aromatic carbocycles. The third-order valence-corrected chi connectivity index (χ3v) is 3.34. The Balaban J connectivity index is 2.04. The highest BCUT2D eigenvalue weighted by molar-refractivity contribution is 6.59. The molecule has 1 saturated carbocycles. The van der Waals surface area contributed by atoms with Crippen LogP contribution >= 0.6 is 0 Å². The SMILES string of the molecule is Cc1cnn(-c2ccc(C3CC3)c(B(O)O)c2)c1. The Hall–Kier alpha value is -1.59. The van der Waals surface area contributed by atoms with Crippen molar-refractivity contribution in [2.24, 2.45) is 0 Å². The zero-order chi connectivity index (χ0) is 12.7. The van der Waals surface area contributed by atoms with Gasteiger partial charge >= 0.3 is 7.12 Å². The quantitative estimate of drug-likeness (QED) is 0.780. The molecule has 0 bridgehead atoms. The van der Waals surface area contributed by atoms with E-state index in [2.05, 4.69) is 5.10 Å². The lowest BCUT2D eigenvalue weighted by Crippen LogP contribution is -2.33. The smallest absolute Gasteiger partial charge is 0.423 e. The van der Waals surface area contributed by atoms with Gasteiger partial charge in [0.05, 0.1) is 11.9 Å². The average Bonchev–Trinajstić information content (AvgIpc) is 3.11. The normalized spacial score (nSPS) is 14.8. The molecule has 0 saturated heterocycles. The second-order valence-electron chi connectivity index (χ2n) is 4.92. The summed E-state index contributed by atoms with van der Waals surface area (Å²) in [7, 11) is -1.42. The molecule has 1 heterocycles. The van der Waals surface area contributed by atoms with E-state index < -0.39 is 7.12 Å². The number of rotatable bonds is 3. The predicted octanol–water partition coefficient (Wildman–Crippen LogP) is 0.738. The van der Waals surface area contributed by atoms with Gasteiger partial charge < -0.3 is 10.0 Å². The maximum absolute atomic E-state index is 9.48. The Labute approximate surface area is 106 Å². The molecule has 1 aliphatic carbocycles. The maximum Gasteiger partial charge on any atom is 0.488 e. The second kappa shape index (κ2) is 4.26. The van der Waals surface area contributed by atoms with Crippen molar-refractivity contribution in [3.8, 4) is 5.69 Å². The first-order valence-corrected chi connectivity index (χ1v) is 6.17. The standard InChI is InChI=1S/C13H15BN2O2/c1-9-7-15-16(8-9)11-4-5-12(10-2-3-10)13(6-11)14(17)18/h4-8,10,17-18H,2-3H2,1H3. The summed E-state index contributed by atoms with van der Waals surface area (Å²) in [5.74, 6) is 0.496. The van der Waals surface area contributed by atoms with Crippen LogP contribution in [0.15, 0.2) is 30.6 Å². The van der Waals surface area contributed by atoms with Crippen molar-refractivity contribution >= 4 is 12.6 Å². The van der Waals surface area contributed by atoms with Crippen molar-refractivity contribution in [1.82, 2.24) is 9.78 Å². The van der Waals surface area contributed by atoms with Gasteiger partial charge in [-0.2, -0.15) is 5.10 Å². The molecule has 1 fully saturated rings. The van der Waals surface area contributed by atoms with E-state index in [1.165, 1.54) is 0 Å². The molecule has 0 radical (unpaired) electrons. The van der Waals surface area contributed by atoms with Gasteiger partial charge in [-0.3, -0.25) is 0 Å². The number of nitrogens with zero attached hydrogens (tertiary/aromatic N) is 2. The van der Waals surface area contributed by atoms with Gasteiger partial charge in [-0.1, -0.05) is 6.07 Å². The first-order chi connectivity index (χ1) is 8.65. The fourth-order valence-electron chi connectivity index (χ4n) is 2.25. The predicted molar refractivity (Wildman–Crippen MR) is 70.1 cm³/mol. The van der Waals surface area contributed by atoms with Crippen LogP contribution in [0.2, 0.25) is 0 Å². The maximum atomic E-state index is 9.48. The van der Waals surface area contributed by atoms with E-state index in [9.17, 15) is 10.0 Å². The lowest BCUT2D eigenvalue weighted by atomic mass is 9.75. The number of benzene rings is 1. The summed E-state index contributed by atoms with van der Waals surface area (Å²) in [4.78, 5) is 0. The molecular weight excluding hydrogens is 227 g/mol. The fraction of sp³-hybridized carbons (Fsp3) is 0.308. The lowest BCUT2D eigenvalue weighted by Gasteiger charge is -2.10. The van der Waals surface area contributed by atoms with E-state index in [1.807, 2.05) is 31.3 Å². The Morgan fingerprint density at radius 1 is 1.33 bits per heavy atom. The molecule has 0 aliphatic heterocycles. The second-order valence-corrected chi connectivity index (χ2v) is 4.92. The summed E-state index contributed by atoms with van der Waals surface area (Å²) >= 11 is 0.